The van der Waals surface area contributed by atoms with Crippen molar-refractivity contribution in [3.8, 4) is 22.3 Å². The van der Waals surface area contributed by atoms with E-state index >= 15 is 0 Å². The lowest BCUT2D eigenvalue weighted by Gasteiger charge is -2.25. The Morgan fingerprint density at radius 1 is 0.469 bits per heavy atom. The molecule has 0 saturated heterocycles. The van der Waals surface area contributed by atoms with Crippen molar-refractivity contribution in [2.45, 2.75) is 12.8 Å². The van der Waals surface area contributed by atoms with E-state index in [1.54, 1.807) is 0 Å². The van der Waals surface area contributed by atoms with Crippen LogP contribution in [-0.4, -0.2) is 9.97 Å². The van der Waals surface area contributed by atoms with Crippen LogP contribution in [0, 0.1) is 0 Å². The fourth-order valence-corrected chi connectivity index (χ4v) is 5.25. The molecule has 1 aliphatic carbocycles. The molecule has 0 radical (unpaired) electrons. The van der Waals surface area contributed by atoms with Crippen molar-refractivity contribution in [1.82, 2.24) is 9.97 Å². The summed E-state index contributed by atoms with van der Waals surface area (Å²) in [6.07, 6.45) is 1.85. The lowest BCUT2D eigenvalue weighted by Crippen LogP contribution is -2.00. The Hall–Kier alpha value is -4.04. The fourth-order valence-electron chi connectivity index (χ4n) is 5.25. The van der Waals surface area contributed by atoms with Gasteiger partial charge in [-0.1, -0.05) is 84.9 Å². The van der Waals surface area contributed by atoms with Gasteiger partial charge in [0.2, 0.25) is 0 Å². The van der Waals surface area contributed by atoms with Crippen molar-refractivity contribution in [2.75, 3.05) is 0 Å². The Balaban J connectivity index is 1.29. The summed E-state index contributed by atoms with van der Waals surface area (Å²) in [5.74, 6) is 0. The first-order valence-corrected chi connectivity index (χ1v) is 11.2. The van der Waals surface area contributed by atoms with Gasteiger partial charge in [0, 0.05) is 46.1 Å². The molecular weight excluding hydrogens is 388 g/mol. The van der Waals surface area contributed by atoms with Crippen LogP contribution in [0.1, 0.15) is 22.5 Å². The number of fused-ring (bicyclic) bond motifs is 8. The monoisotopic (exact) mass is 410 g/mol. The zero-order valence-electron chi connectivity index (χ0n) is 17.7. The van der Waals surface area contributed by atoms with Gasteiger partial charge in [-0.2, -0.15) is 0 Å². The molecule has 4 aromatic carbocycles. The van der Waals surface area contributed by atoms with E-state index < -0.39 is 0 Å². The Morgan fingerprint density at radius 2 is 0.906 bits per heavy atom. The first-order valence-electron chi connectivity index (χ1n) is 11.2. The van der Waals surface area contributed by atoms with E-state index in [2.05, 4.69) is 107 Å². The van der Waals surface area contributed by atoms with Gasteiger partial charge in [0.1, 0.15) is 0 Å². The quantitative estimate of drug-likeness (QED) is 0.301. The summed E-state index contributed by atoms with van der Waals surface area (Å²) in [6.45, 7) is 0. The highest BCUT2D eigenvalue weighted by atomic mass is 14.7. The minimum Gasteiger partial charge on any atom is -0.358 e. The van der Waals surface area contributed by atoms with E-state index in [4.69, 9.17) is 0 Å². The van der Waals surface area contributed by atoms with Crippen molar-refractivity contribution in [3.05, 3.63) is 120 Å². The minimum atomic E-state index is 0.926. The number of nitrogens with one attached hydrogen (secondary N) is 2. The molecule has 2 aromatic heterocycles. The number of aromatic nitrogens is 2. The second kappa shape index (κ2) is 6.73. The summed E-state index contributed by atoms with van der Waals surface area (Å²) < 4.78 is 0. The van der Waals surface area contributed by atoms with Gasteiger partial charge in [-0.15, -0.1) is 0 Å². The van der Waals surface area contributed by atoms with Gasteiger partial charge in [-0.3, -0.25) is 0 Å². The highest BCUT2D eigenvalue weighted by Crippen LogP contribution is 2.53. The summed E-state index contributed by atoms with van der Waals surface area (Å²) in [4.78, 5) is 7.44. The van der Waals surface area contributed by atoms with Gasteiger partial charge >= 0.3 is 0 Å². The zero-order chi connectivity index (χ0) is 21.1. The third-order valence-electron chi connectivity index (χ3n) is 6.72. The lowest BCUT2D eigenvalue weighted by atomic mass is 9.78. The Morgan fingerprint density at radius 3 is 1.34 bits per heavy atom. The third-order valence-corrected chi connectivity index (χ3v) is 6.72. The van der Waals surface area contributed by atoms with E-state index in [-0.39, 0.29) is 0 Å². The van der Waals surface area contributed by atoms with Crippen LogP contribution in [0.15, 0.2) is 97.1 Å². The van der Waals surface area contributed by atoms with Crippen molar-refractivity contribution >= 4 is 21.8 Å². The fraction of sp³-hybridized carbons (Fsp3) is 0.0667. The first-order chi connectivity index (χ1) is 15.8. The zero-order valence-corrected chi connectivity index (χ0v) is 17.7. The first kappa shape index (κ1) is 17.6. The van der Waals surface area contributed by atoms with Gasteiger partial charge in [-0.25, -0.2) is 0 Å². The maximum Gasteiger partial charge on any atom is 0.0542 e. The molecule has 0 atom stereocenters. The van der Waals surface area contributed by atoms with Crippen LogP contribution >= 0.6 is 0 Å². The molecule has 0 amide bonds. The van der Waals surface area contributed by atoms with Crippen molar-refractivity contribution in [2.24, 2.45) is 0 Å². The van der Waals surface area contributed by atoms with Gasteiger partial charge in [0.05, 0.1) is 11.0 Å². The number of hydrogen-bond donors (Lipinski definition) is 2. The second-order valence-corrected chi connectivity index (χ2v) is 8.82. The van der Waals surface area contributed by atoms with E-state index in [0.29, 0.717) is 0 Å². The standard InChI is InChI=1S/C30H22N2/c1-3-7-19(8-4-1)15-23-17-21-11-13-25-27(29(21)31-23)26-14-12-22-18-24(32-30(22)28(25)26)16-20-9-5-2-6-10-20/h1-14,17-18,31-32H,15-16H2. The third kappa shape index (κ3) is 2.66. The van der Waals surface area contributed by atoms with Crippen LogP contribution in [0.3, 0.4) is 0 Å². The topological polar surface area (TPSA) is 31.6 Å². The Bertz CT molecular complexity index is 1460. The largest absolute Gasteiger partial charge is 0.358 e. The molecule has 2 nitrogen and oxygen atoms in total. The second-order valence-electron chi connectivity index (χ2n) is 8.82. The average molecular weight is 411 g/mol. The SMILES string of the molecule is c1ccc(Cc2cc3ccc4c(c3[nH]2)-c2ccc3cc(Cc5ccccc5)[nH]c3c2-4)cc1. The van der Waals surface area contributed by atoms with E-state index in [1.807, 2.05) is 0 Å². The van der Waals surface area contributed by atoms with E-state index in [9.17, 15) is 0 Å². The molecular formula is C30H22N2. The number of hydrogen-bond acceptors (Lipinski definition) is 0. The molecule has 2 heterocycles. The molecule has 6 aromatic rings. The summed E-state index contributed by atoms with van der Waals surface area (Å²) >= 11 is 0. The van der Waals surface area contributed by atoms with Crippen LogP contribution in [0.4, 0.5) is 0 Å². The highest BCUT2D eigenvalue weighted by molar-refractivity contribution is 6.20. The number of rotatable bonds is 4. The Kier molecular flexibility index (Phi) is 3.71. The minimum absolute atomic E-state index is 0.926. The van der Waals surface area contributed by atoms with Gasteiger partial charge in [0.15, 0.2) is 0 Å². The van der Waals surface area contributed by atoms with Crippen LogP contribution in [0.5, 0.6) is 0 Å². The molecule has 0 unspecified atom stereocenters. The molecule has 0 fully saturated rings. The predicted molar refractivity (Wildman–Crippen MR) is 133 cm³/mol. The smallest absolute Gasteiger partial charge is 0.0542 e. The molecule has 0 aliphatic heterocycles. The molecule has 32 heavy (non-hydrogen) atoms. The van der Waals surface area contributed by atoms with Crippen molar-refractivity contribution in [3.63, 3.8) is 0 Å². The molecule has 1 aliphatic rings. The van der Waals surface area contributed by atoms with Crippen LogP contribution in [0.25, 0.3) is 44.1 Å². The van der Waals surface area contributed by atoms with Crippen molar-refractivity contribution in [1.29, 1.82) is 0 Å². The summed E-state index contributed by atoms with van der Waals surface area (Å²) in [6, 6.07) is 35.0. The van der Waals surface area contributed by atoms with Gasteiger partial charge in [-0.05, 0) is 34.4 Å². The number of benzene rings is 4. The molecule has 0 saturated carbocycles. The molecule has 2 heteroatoms. The van der Waals surface area contributed by atoms with Crippen LogP contribution < -0.4 is 0 Å². The maximum atomic E-state index is 3.72. The molecule has 0 spiro atoms. The maximum absolute atomic E-state index is 3.72. The van der Waals surface area contributed by atoms with E-state index in [0.717, 1.165) is 12.8 Å². The van der Waals surface area contributed by atoms with E-state index in [1.165, 1.54) is 66.6 Å². The van der Waals surface area contributed by atoms with Crippen LogP contribution in [0.2, 0.25) is 0 Å². The number of aromatic amines is 2. The normalized spacial score (nSPS) is 12.0. The van der Waals surface area contributed by atoms with Crippen molar-refractivity contribution < 1.29 is 0 Å². The molecule has 152 valence electrons. The summed E-state index contributed by atoms with van der Waals surface area (Å²) in [7, 11) is 0. The molecule has 7 rings (SSSR count). The van der Waals surface area contributed by atoms with Gasteiger partial charge < -0.3 is 9.97 Å². The molecule has 0 bridgehead atoms. The Labute approximate surface area is 186 Å². The molecule has 2 N–H and O–H groups in total. The number of H-pyrrole nitrogens is 2. The van der Waals surface area contributed by atoms with Gasteiger partial charge in [0.25, 0.3) is 0 Å². The highest BCUT2D eigenvalue weighted by Gasteiger charge is 2.28. The summed E-state index contributed by atoms with van der Waals surface area (Å²) in [5.41, 5.74) is 13.1. The average Bonchev–Trinajstić information content (AvgIpc) is 3.39. The predicted octanol–water partition coefficient (Wildman–Crippen LogP) is 7.48. The summed E-state index contributed by atoms with van der Waals surface area (Å²) in [5, 5.41) is 2.58. The van der Waals surface area contributed by atoms with Crippen LogP contribution in [-0.2, 0) is 12.8 Å². The lowest BCUT2D eigenvalue weighted by molar-refractivity contribution is 1.12.